The molecule has 1 aliphatic heterocycles. The topological polar surface area (TPSA) is 50.2 Å². The molecule has 5 nitrogen and oxygen atoms in total. The summed E-state index contributed by atoms with van der Waals surface area (Å²) in [5.41, 5.74) is 1.07. The van der Waals surface area contributed by atoms with Crippen LogP contribution in [0.5, 0.6) is 0 Å². The van der Waals surface area contributed by atoms with Crippen molar-refractivity contribution in [2.75, 3.05) is 13.6 Å². The van der Waals surface area contributed by atoms with Crippen molar-refractivity contribution in [1.82, 2.24) is 20.0 Å². The van der Waals surface area contributed by atoms with Crippen molar-refractivity contribution in [3.05, 3.63) is 18.0 Å². The highest BCUT2D eigenvalue weighted by Gasteiger charge is 2.24. The molecule has 1 unspecified atom stereocenters. The molecular weight excluding hydrogens is 252 g/mol. The Bertz CT molecular complexity index is 429. The molecule has 0 bridgehead atoms. The van der Waals surface area contributed by atoms with Gasteiger partial charge in [0.15, 0.2) is 0 Å². The van der Waals surface area contributed by atoms with E-state index in [1.54, 1.807) is 0 Å². The third-order valence-electron chi connectivity index (χ3n) is 3.93. The van der Waals surface area contributed by atoms with E-state index in [0.29, 0.717) is 6.54 Å². The van der Waals surface area contributed by atoms with Crippen molar-refractivity contribution >= 4 is 5.91 Å². The van der Waals surface area contributed by atoms with Crippen LogP contribution in [-0.2, 0) is 17.9 Å². The Kier molecular flexibility index (Phi) is 5.59. The predicted octanol–water partition coefficient (Wildman–Crippen LogP) is 1.78. The maximum absolute atomic E-state index is 12.3. The second-order valence-electron chi connectivity index (χ2n) is 5.68. The summed E-state index contributed by atoms with van der Waals surface area (Å²) in [5.74, 6) is 0.151. The van der Waals surface area contributed by atoms with Gasteiger partial charge in [0.2, 0.25) is 5.91 Å². The molecule has 1 aliphatic rings. The number of hydrogen-bond donors (Lipinski definition) is 1. The number of aromatic nitrogens is 2. The summed E-state index contributed by atoms with van der Waals surface area (Å²) in [6, 6.07) is 0.0307. The number of rotatable bonds is 5. The Morgan fingerprint density at radius 3 is 3.10 bits per heavy atom. The number of nitrogens with one attached hydrogen (secondary N) is 1. The summed E-state index contributed by atoms with van der Waals surface area (Å²) in [4.78, 5) is 14.5. The lowest BCUT2D eigenvalue weighted by molar-refractivity contribution is -0.126. The number of likely N-dealkylation sites (N-methyl/N-ethyl adjacent to an activating group) is 1. The fourth-order valence-electron chi connectivity index (χ4n) is 2.74. The molecule has 0 spiro atoms. The van der Waals surface area contributed by atoms with Gasteiger partial charge in [-0.05, 0) is 32.9 Å². The second-order valence-corrected chi connectivity index (χ2v) is 5.68. The summed E-state index contributed by atoms with van der Waals surface area (Å²) in [6.07, 6.45) is 9.48. The zero-order valence-corrected chi connectivity index (χ0v) is 12.6. The molecule has 1 atom stereocenters. The first-order valence-corrected chi connectivity index (χ1v) is 7.70. The van der Waals surface area contributed by atoms with E-state index in [0.717, 1.165) is 37.9 Å². The number of nitrogens with zero attached hydrogens (tertiary/aromatic N) is 3. The van der Waals surface area contributed by atoms with Gasteiger partial charge < -0.3 is 5.32 Å². The molecule has 1 aromatic heterocycles. The first kappa shape index (κ1) is 15.0. The molecule has 1 N–H and O–H groups in total. The van der Waals surface area contributed by atoms with Crippen LogP contribution in [0.15, 0.2) is 12.4 Å². The lowest BCUT2D eigenvalue weighted by Gasteiger charge is -2.24. The molecule has 0 aliphatic carbocycles. The number of likely N-dealkylation sites (tertiary alicyclic amines) is 1. The van der Waals surface area contributed by atoms with Gasteiger partial charge in [-0.3, -0.25) is 14.4 Å². The van der Waals surface area contributed by atoms with Gasteiger partial charge in [0.1, 0.15) is 0 Å². The molecule has 5 heteroatoms. The average Bonchev–Trinajstić information content (AvgIpc) is 2.77. The van der Waals surface area contributed by atoms with Crippen LogP contribution in [0.25, 0.3) is 0 Å². The van der Waals surface area contributed by atoms with Crippen LogP contribution in [0, 0.1) is 0 Å². The summed E-state index contributed by atoms with van der Waals surface area (Å²) < 4.78 is 1.93. The Morgan fingerprint density at radius 2 is 2.30 bits per heavy atom. The number of aryl methyl sites for hydroxylation is 1. The Morgan fingerprint density at radius 1 is 1.45 bits per heavy atom. The van der Waals surface area contributed by atoms with E-state index in [9.17, 15) is 4.79 Å². The molecule has 1 saturated heterocycles. The Balaban J connectivity index is 1.83. The number of hydrogen-bond acceptors (Lipinski definition) is 3. The van der Waals surface area contributed by atoms with Crippen molar-refractivity contribution in [3.63, 3.8) is 0 Å². The van der Waals surface area contributed by atoms with Crippen LogP contribution < -0.4 is 5.32 Å². The molecule has 2 rings (SSSR count). The highest BCUT2D eigenvalue weighted by molar-refractivity contribution is 5.81. The zero-order chi connectivity index (χ0) is 14.4. The van der Waals surface area contributed by atoms with E-state index in [4.69, 9.17) is 0 Å². The highest BCUT2D eigenvalue weighted by atomic mass is 16.2. The van der Waals surface area contributed by atoms with Crippen LogP contribution >= 0.6 is 0 Å². The molecular formula is C15H26N4O. The quantitative estimate of drug-likeness (QED) is 0.893. The lowest BCUT2D eigenvalue weighted by atomic mass is 10.1. The van der Waals surface area contributed by atoms with Crippen LogP contribution in [-0.4, -0.2) is 40.2 Å². The third-order valence-corrected chi connectivity index (χ3v) is 3.93. The SMILES string of the molecule is CCCn1cc(CNC(=O)C2CCCCCN2C)cn1. The minimum absolute atomic E-state index is 0.0307. The Labute approximate surface area is 121 Å². The van der Waals surface area contributed by atoms with E-state index in [1.807, 2.05) is 17.1 Å². The molecule has 1 fully saturated rings. The monoisotopic (exact) mass is 278 g/mol. The lowest BCUT2D eigenvalue weighted by Crippen LogP contribution is -2.44. The number of amides is 1. The van der Waals surface area contributed by atoms with Gasteiger partial charge in [-0.2, -0.15) is 5.10 Å². The average molecular weight is 278 g/mol. The van der Waals surface area contributed by atoms with Gasteiger partial charge in [-0.15, -0.1) is 0 Å². The first-order chi connectivity index (χ1) is 9.70. The maximum Gasteiger partial charge on any atom is 0.237 e. The minimum atomic E-state index is 0.0307. The van der Waals surface area contributed by atoms with E-state index in [2.05, 4.69) is 29.3 Å². The molecule has 0 saturated carbocycles. The zero-order valence-electron chi connectivity index (χ0n) is 12.6. The summed E-state index contributed by atoms with van der Waals surface area (Å²) in [6.45, 7) is 4.66. The van der Waals surface area contributed by atoms with E-state index in [-0.39, 0.29) is 11.9 Å². The van der Waals surface area contributed by atoms with Crippen molar-refractivity contribution in [2.24, 2.45) is 0 Å². The molecule has 20 heavy (non-hydrogen) atoms. The van der Waals surface area contributed by atoms with Gasteiger partial charge in [-0.1, -0.05) is 19.8 Å². The van der Waals surface area contributed by atoms with Crippen molar-refractivity contribution in [2.45, 2.75) is 58.2 Å². The second kappa shape index (κ2) is 7.43. The normalized spacial score (nSPS) is 20.6. The fraction of sp³-hybridized carbons (Fsp3) is 0.733. The maximum atomic E-state index is 12.3. The van der Waals surface area contributed by atoms with Crippen LogP contribution in [0.4, 0.5) is 0 Å². The van der Waals surface area contributed by atoms with E-state index < -0.39 is 0 Å². The van der Waals surface area contributed by atoms with Gasteiger partial charge in [0.25, 0.3) is 0 Å². The minimum Gasteiger partial charge on any atom is -0.351 e. The molecule has 2 heterocycles. The molecule has 0 aromatic carbocycles. The first-order valence-electron chi connectivity index (χ1n) is 7.70. The van der Waals surface area contributed by atoms with Crippen molar-refractivity contribution < 1.29 is 4.79 Å². The van der Waals surface area contributed by atoms with Crippen LogP contribution in [0.2, 0.25) is 0 Å². The van der Waals surface area contributed by atoms with Gasteiger partial charge in [-0.25, -0.2) is 0 Å². The largest absolute Gasteiger partial charge is 0.351 e. The predicted molar refractivity (Wildman–Crippen MR) is 79.3 cm³/mol. The third kappa shape index (κ3) is 4.07. The van der Waals surface area contributed by atoms with Crippen LogP contribution in [0.3, 0.4) is 0 Å². The molecule has 0 radical (unpaired) electrons. The van der Waals surface area contributed by atoms with Crippen molar-refractivity contribution in [3.8, 4) is 0 Å². The van der Waals surface area contributed by atoms with Crippen molar-refractivity contribution in [1.29, 1.82) is 0 Å². The summed E-state index contributed by atoms with van der Waals surface area (Å²) in [7, 11) is 2.05. The van der Waals surface area contributed by atoms with Gasteiger partial charge in [0, 0.05) is 24.8 Å². The molecule has 112 valence electrons. The van der Waals surface area contributed by atoms with Crippen LogP contribution in [0.1, 0.15) is 44.6 Å². The smallest absolute Gasteiger partial charge is 0.237 e. The Hall–Kier alpha value is -1.36. The van der Waals surface area contributed by atoms with E-state index >= 15 is 0 Å². The van der Waals surface area contributed by atoms with Gasteiger partial charge >= 0.3 is 0 Å². The molecule has 1 aromatic rings. The molecule has 1 amide bonds. The fourth-order valence-corrected chi connectivity index (χ4v) is 2.74. The van der Waals surface area contributed by atoms with Gasteiger partial charge in [0.05, 0.1) is 12.2 Å². The highest BCUT2D eigenvalue weighted by Crippen LogP contribution is 2.15. The number of carbonyl (C=O) groups is 1. The number of carbonyl (C=O) groups excluding carboxylic acids is 1. The summed E-state index contributed by atoms with van der Waals surface area (Å²) >= 11 is 0. The summed E-state index contributed by atoms with van der Waals surface area (Å²) in [5, 5.41) is 7.33. The van der Waals surface area contributed by atoms with E-state index in [1.165, 1.54) is 12.8 Å². The standard InChI is InChI=1S/C15H26N4O/c1-3-8-19-12-13(11-17-19)10-16-15(20)14-7-5-4-6-9-18(14)2/h11-12,14H,3-10H2,1-2H3,(H,16,20).